The predicted molar refractivity (Wildman–Crippen MR) is 122 cm³/mol. The van der Waals surface area contributed by atoms with Gasteiger partial charge in [0.25, 0.3) is 0 Å². The van der Waals surface area contributed by atoms with Crippen LogP contribution in [-0.4, -0.2) is 48.6 Å². The van der Waals surface area contributed by atoms with Gasteiger partial charge < -0.3 is 10.6 Å². The number of guanidine groups is 1. The molecule has 0 radical (unpaired) electrons. The monoisotopic (exact) mass is 419 g/mol. The van der Waals surface area contributed by atoms with Crippen LogP contribution in [0.3, 0.4) is 0 Å². The van der Waals surface area contributed by atoms with Crippen LogP contribution in [0.25, 0.3) is 0 Å². The van der Waals surface area contributed by atoms with Gasteiger partial charge in [0, 0.05) is 35.8 Å². The van der Waals surface area contributed by atoms with E-state index in [0.29, 0.717) is 11.8 Å². The van der Waals surface area contributed by atoms with Gasteiger partial charge in [-0.05, 0) is 57.1 Å². The molecule has 0 bridgehead atoms. The normalized spacial score (nSPS) is 17.6. The van der Waals surface area contributed by atoms with Crippen molar-refractivity contribution in [2.75, 3.05) is 32.7 Å². The van der Waals surface area contributed by atoms with Gasteiger partial charge in [-0.25, -0.2) is 4.98 Å². The third kappa shape index (κ3) is 6.57. The van der Waals surface area contributed by atoms with E-state index in [1.807, 2.05) is 11.3 Å². The van der Waals surface area contributed by atoms with Crippen LogP contribution in [0.2, 0.25) is 0 Å². The lowest BCUT2D eigenvalue weighted by Gasteiger charge is -2.31. The predicted octanol–water partition coefficient (Wildman–Crippen LogP) is 4.08. The highest BCUT2D eigenvalue weighted by Gasteiger charge is 2.20. The Morgan fingerprint density at radius 2 is 2.14 bits per heavy atom. The van der Waals surface area contributed by atoms with Gasteiger partial charge in [0.1, 0.15) is 0 Å². The molecule has 0 aliphatic carbocycles. The van der Waals surface area contributed by atoms with Crippen molar-refractivity contribution in [1.29, 1.82) is 0 Å². The first-order valence-corrected chi connectivity index (χ1v) is 12.1. The maximum atomic E-state index is 4.81. The number of piperidine rings is 1. The third-order valence-electron chi connectivity index (χ3n) is 5.21. The molecule has 2 N–H and O–H groups in total. The van der Waals surface area contributed by atoms with Crippen LogP contribution in [0.1, 0.15) is 48.2 Å². The Hall–Kier alpha value is -1.44. The highest BCUT2D eigenvalue weighted by atomic mass is 32.1. The average molecular weight is 420 g/mol. The van der Waals surface area contributed by atoms with Crippen LogP contribution in [-0.2, 0) is 6.54 Å². The zero-order chi connectivity index (χ0) is 19.8. The molecule has 1 saturated heterocycles. The molecule has 0 spiro atoms. The van der Waals surface area contributed by atoms with E-state index in [9.17, 15) is 0 Å². The zero-order valence-corrected chi connectivity index (χ0v) is 18.9. The van der Waals surface area contributed by atoms with Gasteiger partial charge in [0.15, 0.2) is 5.96 Å². The van der Waals surface area contributed by atoms with E-state index in [0.717, 1.165) is 50.2 Å². The Labute approximate surface area is 177 Å². The lowest BCUT2D eigenvalue weighted by Crippen LogP contribution is -2.43. The molecule has 1 aliphatic rings. The standard InChI is InChI=1S/C21H33N5S2/c1-4-22-21(23-12-16(2)20-6-5-11-27-20)24-13-18-7-9-26(10-8-18)14-19-15-28-17(3)25-19/h5-6,11,15-16,18H,4,7-10,12-14H2,1-3H3,(H2,22,23,24). The maximum absolute atomic E-state index is 4.81. The quantitative estimate of drug-likeness (QED) is 0.500. The first-order valence-electron chi connectivity index (χ1n) is 10.3. The summed E-state index contributed by atoms with van der Waals surface area (Å²) >= 11 is 3.56. The molecule has 1 fully saturated rings. The van der Waals surface area contributed by atoms with Crippen molar-refractivity contribution in [3.05, 3.63) is 38.5 Å². The summed E-state index contributed by atoms with van der Waals surface area (Å²) in [4.78, 5) is 13.3. The van der Waals surface area contributed by atoms with Crippen LogP contribution >= 0.6 is 22.7 Å². The summed E-state index contributed by atoms with van der Waals surface area (Å²) in [5.74, 6) is 2.13. The molecule has 28 heavy (non-hydrogen) atoms. The number of nitrogens with one attached hydrogen (secondary N) is 2. The Morgan fingerprint density at radius 1 is 1.32 bits per heavy atom. The van der Waals surface area contributed by atoms with Crippen LogP contribution in [0.4, 0.5) is 0 Å². The molecule has 1 atom stereocenters. The van der Waals surface area contributed by atoms with Crippen molar-refractivity contribution in [2.45, 2.75) is 46.1 Å². The van der Waals surface area contributed by atoms with Crippen LogP contribution in [0.5, 0.6) is 0 Å². The number of hydrogen-bond donors (Lipinski definition) is 2. The van der Waals surface area contributed by atoms with E-state index < -0.39 is 0 Å². The minimum atomic E-state index is 0.466. The molecule has 1 unspecified atom stereocenters. The number of aryl methyl sites for hydroxylation is 1. The zero-order valence-electron chi connectivity index (χ0n) is 17.3. The fourth-order valence-electron chi connectivity index (χ4n) is 3.53. The van der Waals surface area contributed by atoms with Gasteiger partial charge in [-0.15, -0.1) is 22.7 Å². The number of hydrogen-bond acceptors (Lipinski definition) is 5. The summed E-state index contributed by atoms with van der Waals surface area (Å²) in [5, 5.41) is 12.5. The number of aliphatic imine (C=N–C) groups is 1. The van der Waals surface area contributed by atoms with Crippen molar-refractivity contribution in [2.24, 2.45) is 10.9 Å². The number of thiophene rings is 1. The number of thiazole rings is 1. The van der Waals surface area contributed by atoms with E-state index in [1.54, 1.807) is 11.3 Å². The highest BCUT2D eigenvalue weighted by Crippen LogP contribution is 2.21. The molecule has 1 aliphatic heterocycles. The van der Waals surface area contributed by atoms with Gasteiger partial charge in [-0.1, -0.05) is 13.0 Å². The van der Waals surface area contributed by atoms with Gasteiger partial charge in [0.05, 0.1) is 17.2 Å². The van der Waals surface area contributed by atoms with E-state index in [1.165, 1.54) is 23.4 Å². The molecule has 0 aromatic carbocycles. The average Bonchev–Trinajstić information content (AvgIpc) is 3.37. The van der Waals surface area contributed by atoms with E-state index >= 15 is 0 Å². The molecule has 154 valence electrons. The fourth-order valence-corrected chi connectivity index (χ4v) is 4.91. The minimum Gasteiger partial charge on any atom is -0.357 e. The SMILES string of the molecule is CCNC(=NCC(C)c1cccs1)NCC1CCN(Cc2csc(C)n2)CC1. The number of nitrogens with zero attached hydrogens (tertiary/aromatic N) is 3. The molecular formula is C21H33N5S2. The molecular weight excluding hydrogens is 386 g/mol. The Kier molecular flexibility index (Phi) is 8.30. The van der Waals surface area contributed by atoms with Gasteiger partial charge in [-0.3, -0.25) is 9.89 Å². The molecule has 0 amide bonds. The molecule has 5 nitrogen and oxygen atoms in total. The Morgan fingerprint density at radius 3 is 2.79 bits per heavy atom. The summed E-state index contributed by atoms with van der Waals surface area (Å²) < 4.78 is 0. The largest absolute Gasteiger partial charge is 0.357 e. The summed E-state index contributed by atoms with van der Waals surface area (Å²) in [6.07, 6.45) is 2.47. The second-order valence-electron chi connectivity index (χ2n) is 7.59. The Balaban J connectivity index is 1.41. The van der Waals surface area contributed by atoms with E-state index in [2.05, 4.69) is 64.2 Å². The lowest BCUT2D eigenvalue weighted by atomic mass is 9.97. The first-order chi connectivity index (χ1) is 13.6. The third-order valence-corrected chi connectivity index (χ3v) is 7.14. The first kappa shape index (κ1) is 21.3. The van der Waals surface area contributed by atoms with Gasteiger partial charge >= 0.3 is 0 Å². The summed E-state index contributed by atoms with van der Waals surface area (Å²) in [5.41, 5.74) is 1.22. The molecule has 3 rings (SSSR count). The van der Waals surface area contributed by atoms with Crippen LogP contribution in [0, 0.1) is 12.8 Å². The molecule has 7 heteroatoms. The van der Waals surface area contributed by atoms with Crippen molar-refractivity contribution < 1.29 is 0 Å². The molecule has 3 heterocycles. The summed E-state index contributed by atoms with van der Waals surface area (Å²) in [6, 6.07) is 4.32. The van der Waals surface area contributed by atoms with Crippen molar-refractivity contribution in [3.63, 3.8) is 0 Å². The van der Waals surface area contributed by atoms with Crippen molar-refractivity contribution >= 4 is 28.6 Å². The van der Waals surface area contributed by atoms with Crippen molar-refractivity contribution in [3.8, 4) is 0 Å². The van der Waals surface area contributed by atoms with Gasteiger partial charge in [-0.2, -0.15) is 0 Å². The smallest absolute Gasteiger partial charge is 0.191 e. The maximum Gasteiger partial charge on any atom is 0.191 e. The second kappa shape index (κ2) is 10.9. The minimum absolute atomic E-state index is 0.466. The molecule has 2 aromatic heterocycles. The molecule has 0 saturated carbocycles. The van der Waals surface area contributed by atoms with E-state index in [-0.39, 0.29) is 0 Å². The lowest BCUT2D eigenvalue weighted by molar-refractivity contribution is 0.176. The van der Waals surface area contributed by atoms with Crippen LogP contribution in [0.15, 0.2) is 27.9 Å². The second-order valence-corrected chi connectivity index (χ2v) is 9.64. The number of rotatable bonds is 8. The number of aromatic nitrogens is 1. The fraction of sp³-hybridized carbons (Fsp3) is 0.619. The molecule has 2 aromatic rings. The van der Waals surface area contributed by atoms with Crippen molar-refractivity contribution in [1.82, 2.24) is 20.5 Å². The summed E-state index contributed by atoms with van der Waals surface area (Å²) in [7, 11) is 0. The topological polar surface area (TPSA) is 52.6 Å². The summed E-state index contributed by atoms with van der Waals surface area (Å²) in [6.45, 7) is 12.5. The Bertz CT molecular complexity index is 717. The van der Waals surface area contributed by atoms with Crippen LogP contribution < -0.4 is 10.6 Å². The number of likely N-dealkylation sites (tertiary alicyclic amines) is 1. The van der Waals surface area contributed by atoms with Gasteiger partial charge in [0.2, 0.25) is 0 Å². The highest BCUT2D eigenvalue weighted by molar-refractivity contribution is 7.10. The van der Waals surface area contributed by atoms with E-state index in [4.69, 9.17) is 4.99 Å².